The molecular formula is C22H23N5OS. The molecule has 0 radical (unpaired) electrons. The predicted molar refractivity (Wildman–Crippen MR) is 118 cm³/mol. The second-order valence-electron chi connectivity index (χ2n) is 6.80. The number of rotatable bonds is 5. The van der Waals surface area contributed by atoms with Gasteiger partial charge in [0.25, 0.3) is 0 Å². The molecule has 6 nitrogen and oxygen atoms in total. The maximum atomic E-state index is 12.4. The van der Waals surface area contributed by atoms with E-state index in [2.05, 4.69) is 33.1 Å². The van der Waals surface area contributed by atoms with E-state index in [0.717, 1.165) is 22.0 Å². The Balaban J connectivity index is 1.33. The molecule has 1 unspecified atom stereocenters. The largest absolute Gasteiger partial charge is 0.351 e. The number of benzene rings is 2. The number of hydrogen-bond acceptors (Lipinski definition) is 4. The molecule has 1 saturated heterocycles. The summed E-state index contributed by atoms with van der Waals surface area (Å²) in [6, 6.07) is 19.9. The highest BCUT2D eigenvalue weighted by atomic mass is 32.1. The lowest BCUT2D eigenvalue weighted by atomic mass is 10.2. The number of nitrogens with zero attached hydrogens (tertiary/aromatic N) is 3. The number of aliphatic imine (C=N–C) groups is 1. The van der Waals surface area contributed by atoms with Gasteiger partial charge in [-0.3, -0.25) is 9.79 Å². The smallest absolute Gasteiger partial charge is 0.229 e. The number of amides is 1. The van der Waals surface area contributed by atoms with Gasteiger partial charge in [-0.15, -0.1) is 11.3 Å². The van der Waals surface area contributed by atoms with Crippen molar-refractivity contribution >= 4 is 28.9 Å². The van der Waals surface area contributed by atoms with Crippen molar-refractivity contribution in [3.63, 3.8) is 0 Å². The van der Waals surface area contributed by atoms with Crippen LogP contribution in [-0.4, -0.2) is 36.5 Å². The first-order valence-corrected chi connectivity index (χ1v) is 10.4. The number of para-hydroxylation sites is 1. The second kappa shape index (κ2) is 8.87. The third-order valence-electron chi connectivity index (χ3n) is 4.79. The number of carbonyl (C=O) groups is 1. The zero-order valence-corrected chi connectivity index (χ0v) is 17.0. The van der Waals surface area contributed by atoms with Crippen LogP contribution < -0.4 is 15.5 Å². The van der Waals surface area contributed by atoms with Crippen LogP contribution in [0.1, 0.15) is 11.4 Å². The van der Waals surface area contributed by atoms with Gasteiger partial charge < -0.3 is 15.5 Å². The molecule has 0 aliphatic carbocycles. The van der Waals surface area contributed by atoms with E-state index in [-0.39, 0.29) is 11.9 Å². The molecule has 4 rings (SSSR count). The van der Waals surface area contributed by atoms with Gasteiger partial charge in [0, 0.05) is 36.6 Å². The Labute approximate surface area is 174 Å². The summed E-state index contributed by atoms with van der Waals surface area (Å²) in [6.07, 6.45) is 0.449. The molecule has 2 heterocycles. The fourth-order valence-corrected chi connectivity index (χ4v) is 4.09. The van der Waals surface area contributed by atoms with Gasteiger partial charge in [0.2, 0.25) is 5.91 Å². The first-order valence-electron chi connectivity index (χ1n) is 9.55. The summed E-state index contributed by atoms with van der Waals surface area (Å²) in [6.45, 7) is 1.21. The van der Waals surface area contributed by atoms with Crippen LogP contribution in [0.3, 0.4) is 0 Å². The summed E-state index contributed by atoms with van der Waals surface area (Å²) in [4.78, 5) is 23.2. The molecule has 2 N–H and O–H groups in total. The topological polar surface area (TPSA) is 69.6 Å². The van der Waals surface area contributed by atoms with Gasteiger partial charge in [-0.1, -0.05) is 48.5 Å². The van der Waals surface area contributed by atoms with E-state index < -0.39 is 0 Å². The minimum absolute atomic E-state index is 0.0186. The van der Waals surface area contributed by atoms with Crippen molar-refractivity contribution < 1.29 is 4.79 Å². The van der Waals surface area contributed by atoms with Crippen LogP contribution in [-0.2, 0) is 11.3 Å². The molecule has 0 spiro atoms. The van der Waals surface area contributed by atoms with Crippen LogP contribution in [0.25, 0.3) is 11.3 Å². The summed E-state index contributed by atoms with van der Waals surface area (Å²) in [5.41, 5.74) is 3.03. The molecule has 7 heteroatoms. The molecule has 1 amide bonds. The SMILES string of the molecule is CN=C(NCc1nc(-c2ccccc2)cs1)NC1CC(=O)N(c2ccccc2)C1. The fraction of sp³-hybridized carbons (Fsp3) is 0.227. The van der Waals surface area contributed by atoms with Crippen molar-refractivity contribution in [2.75, 3.05) is 18.5 Å². The van der Waals surface area contributed by atoms with Gasteiger partial charge in [0.05, 0.1) is 18.3 Å². The maximum Gasteiger partial charge on any atom is 0.229 e. The van der Waals surface area contributed by atoms with E-state index in [9.17, 15) is 4.79 Å². The van der Waals surface area contributed by atoms with E-state index >= 15 is 0 Å². The Morgan fingerprint density at radius 2 is 1.90 bits per heavy atom. The minimum Gasteiger partial charge on any atom is -0.351 e. The lowest BCUT2D eigenvalue weighted by Crippen LogP contribution is -2.44. The number of thiazole rings is 1. The van der Waals surface area contributed by atoms with Crippen LogP contribution in [0.5, 0.6) is 0 Å². The maximum absolute atomic E-state index is 12.4. The summed E-state index contributed by atoms with van der Waals surface area (Å²) in [5.74, 6) is 0.797. The summed E-state index contributed by atoms with van der Waals surface area (Å²) < 4.78 is 0. The number of carbonyl (C=O) groups excluding carboxylic acids is 1. The Kier molecular flexibility index (Phi) is 5.86. The Morgan fingerprint density at radius 1 is 1.17 bits per heavy atom. The van der Waals surface area contributed by atoms with Crippen molar-refractivity contribution in [3.8, 4) is 11.3 Å². The number of anilines is 1. The molecule has 148 valence electrons. The van der Waals surface area contributed by atoms with Crippen molar-refractivity contribution in [2.45, 2.75) is 19.0 Å². The Bertz CT molecular complexity index is 987. The van der Waals surface area contributed by atoms with Crippen molar-refractivity contribution in [1.82, 2.24) is 15.6 Å². The van der Waals surface area contributed by atoms with Gasteiger partial charge in [-0.25, -0.2) is 4.98 Å². The molecule has 2 aromatic carbocycles. The fourth-order valence-electron chi connectivity index (χ4n) is 3.34. The molecule has 1 atom stereocenters. The van der Waals surface area contributed by atoms with Crippen LogP contribution in [0.4, 0.5) is 5.69 Å². The Morgan fingerprint density at radius 3 is 2.62 bits per heavy atom. The first-order chi connectivity index (χ1) is 14.2. The van der Waals surface area contributed by atoms with Crippen LogP contribution >= 0.6 is 11.3 Å². The Hall–Kier alpha value is -3.19. The lowest BCUT2D eigenvalue weighted by Gasteiger charge is -2.18. The normalized spacial score (nSPS) is 16.9. The summed E-state index contributed by atoms with van der Waals surface area (Å²) in [5, 5.41) is 9.71. The third kappa shape index (κ3) is 4.63. The average Bonchev–Trinajstić information content (AvgIpc) is 3.39. The summed E-state index contributed by atoms with van der Waals surface area (Å²) >= 11 is 1.62. The van der Waals surface area contributed by atoms with Gasteiger partial charge in [-0.2, -0.15) is 0 Å². The third-order valence-corrected chi connectivity index (χ3v) is 5.63. The molecule has 1 fully saturated rings. The van der Waals surface area contributed by atoms with Gasteiger partial charge >= 0.3 is 0 Å². The first kappa shape index (κ1) is 19.1. The van der Waals surface area contributed by atoms with Crippen molar-refractivity contribution in [2.24, 2.45) is 4.99 Å². The summed E-state index contributed by atoms with van der Waals surface area (Å²) in [7, 11) is 1.73. The van der Waals surface area contributed by atoms with Gasteiger partial charge in [-0.05, 0) is 12.1 Å². The molecule has 3 aromatic rings. The molecule has 1 aromatic heterocycles. The average molecular weight is 406 g/mol. The van der Waals surface area contributed by atoms with E-state index in [1.807, 2.05) is 53.4 Å². The zero-order chi connectivity index (χ0) is 20.1. The van der Waals surface area contributed by atoms with Gasteiger partial charge in [0.1, 0.15) is 5.01 Å². The molecule has 1 aliphatic heterocycles. The molecule has 0 saturated carbocycles. The van der Waals surface area contributed by atoms with Crippen LogP contribution in [0.2, 0.25) is 0 Å². The zero-order valence-electron chi connectivity index (χ0n) is 16.2. The highest BCUT2D eigenvalue weighted by molar-refractivity contribution is 7.09. The number of aromatic nitrogens is 1. The number of nitrogens with one attached hydrogen (secondary N) is 2. The van der Waals surface area contributed by atoms with Crippen LogP contribution in [0, 0.1) is 0 Å². The number of guanidine groups is 1. The number of hydrogen-bond donors (Lipinski definition) is 2. The lowest BCUT2D eigenvalue weighted by molar-refractivity contribution is -0.117. The van der Waals surface area contributed by atoms with Crippen LogP contribution in [0.15, 0.2) is 71.0 Å². The highest BCUT2D eigenvalue weighted by Crippen LogP contribution is 2.22. The molecule has 1 aliphatic rings. The predicted octanol–water partition coefficient (Wildman–Crippen LogP) is 3.28. The monoisotopic (exact) mass is 405 g/mol. The quantitative estimate of drug-likeness (QED) is 0.505. The molecular weight excluding hydrogens is 382 g/mol. The van der Waals surface area contributed by atoms with Gasteiger partial charge in [0.15, 0.2) is 5.96 Å². The highest BCUT2D eigenvalue weighted by Gasteiger charge is 2.31. The van der Waals surface area contributed by atoms with E-state index in [4.69, 9.17) is 4.98 Å². The minimum atomic E-state index is 0.0186. The molecule has 29 heavy (non-hydrogen) atoms. The van der Waals surface area contributed by atoms with Crippen molar-refractivity contribution in [3.05, 3.63) is 71.1 Å². The van der Waals surface area contributed by atoms with Crippen molar-refractivity contribution in [1.29, 1.82) is 0 Å². The molecule has 0 bridgehead atoms. The van der Waals surface area contributed by atoms with E-state index in [1.54, 1.807) is 18.4 Å². The standard InChI is InChI=1S/C22H23N5OS/c1-23-22(24-13-20-26-19(15-29-20)16-8-4-2-5-9-16)25-17-12-21(28)27(14-17)18-10-6-3-7-11-18/h2-11,15,17H,12-14H2,1H3,(H2,23,24,25). The van der Waals surface area contributed by atoms with E-state index in [0.29, 0.717) is 25.5 Å². The van der Waals surface area contributed by atoms with E-state index in [1.165, 1.54) is 0 Å². The second-order valence-corrected chi connectivity index (χ2v) is 7.75.